The maximum absolute atomic E-state index is 15.0. The molecule has 3 aliphatic rings. The van der Waals surface area contributed by atoms with Crippen molar-refractivity contribution in [2.45, 2.75) is 44.8 Å². The summed E-state index contributed by atoms with van der Waals surface area (Å²) in [6.07, 6.45) is 3.47. The molecule has 1 fully saturated rings. The topological polar surface area (TPSA) is 87.5 Å². The van der Waals surface area contributed by atoms with Crippen LogP contribution in [0.1, 0.15) is 50.4 Å². The Hall–Kier alpha value is -5.38. The number of phenolic OH excluding ortho intramolecular Hbond substituents is 1. The molecule has 0 bridgehead atoms. The average molecular weight is 697 g/mol. The largest absolute Gasteiger partial charge is 0.508 e. The minimum Gasteiger partial charge on any atom is -0.508 e. The third kappa shape index (κ3) is 6.58. The van der Waals surface area contributed by atoms with Gasteiger partial charge in [0.1, 0.15) is 11.5 Å². The van der Waals surface area contributed by atoms with Gasteiger partial charge in [-0.1, -0.05) is 42.5 Å². The van der Waals surface area contributed by atoms with Gasteiger partial charge in [0.05, 0.1) is 25.9 Å². The Labute approximate surface area is 304 Å². The van der Waals surface area contributed by atoms with Crippen molar-refractivity contribution in [1.82, 2.24) is 14.4 Å². The normalized spacial score (nSPS) is 17.2. The van der Waals surface area contributed by atoms with E-state index in [1.54, 1.807) is 36.3 Å². The van der Waals surface area contributed by atoms with E-state index in [1.165, 1.54) is 11.1 Å². The van der Waals surface area contributed by atoms with Gasteiger partial charge in [-0.15, -0.1) is 0 Å². The number of methoxy groups -OCH3 is 1. The van der Waals surface area contributed by atoms with Crippen LogP contribution in [-0.4, -0.2) is 77.3 Å². The summed E-state index contributed by atoms with van der Waals surface area (Å²) in [4.78, 5) is 36.0. The Balaban J connectivity index is 1.22. The Kier molecular flexibility index (Phi) is 9.54. The summed E-state index contributed by atoms with van der Waals surface area (Å²) in [5, 5.41) is 10.1. The van der Waals surface area contributed by atoms with Gasteiger partial charge < -0.3 is 24.0 Å². The molecule has 4 heterocycles. The smallest absolute Gasteiger partial charge is 0.264 e. The van der Waals surface area contributed by atoms with Crippen LogP contribution >= 0.6 is 0 Å². The number of anilines is 2. The molecular formula is C43H44N4O5. The predicted molar refractivity (Wildman–Crippen MR) is 201 cm³/mol. The van der Waals surface area contributed by atoms with E-state index in [2.05, 4.69) is 32.6 Å². The first-order chi connectivity index (χ1) is 25.5. The molecule has 1 aromatic heterocycles. The highest BCUT2D eigenvalue weighted by Crippen LogP contribution is 2.38. The van der Waals surface area contributed by atoms with Crippen LogP contribution in [0.4, 0.5) is 11.4 Å². The monoisotopic (exact) mass is 696 g/mol. The fraction of sp³-hybridized carbons (Fsp3) is 0.302. The predicted octanol–water partition coefficient (Wildman–Crippen LogP) is 7.08. The van der Waals surface area contributed by atoms with Crippen LogP contribution in [-0.2, 0) is 30.7 Å². The molecule has 1 atom stereocenters. The summed E-state index contributed by atoms with van der Waals surface area (Å²) < 4.78 is 13.6. The van der Waals surface area contributed by atoms with Gasteiger partial charge in [-0.3, -0.25) is 19.4 Å². The highest BCUT2D eigenvalue weighted by Gasteiger charge is 2.35. The number of hydrogen-bond donors (Lipinski definition) is 1. The third-order valence-electron chi connectivity index (χ3n) is 10.7. The number of para-hydroxylation sites is 1. The number of aromatic nitrogens is 1. The minimum atomic E-state index is -0.164. The number of morpholine rings is 1. The summed E-state index contributed by atoms with van der Waals surface area (Å²) in [7, 11) is 1.64. The molecule has 9 nitrogen and oxygen atoms in total. The van der Waals surface area contributed by atoms with Crippen LogP contribution in [0.5, 0.6) is 11.5 Å². The Morgan fingerprint density at radius 3 is 2.33 bits per heavy atom. The molecule has 266 valence electrons. The standard InChI is InChI=1S/C43H44N4O5/c1-51-36-18-19-37(42(49)46-28-31-10-6-5-9-30(31)25-34(46)29-44-21-23-52-24-22-44)38(26-36)41-27-39(40-13-7-8-20-45(40)41)43(50)47(32-11-3-2-4-12-32)33-14-16-35(48)17-15-33/h2-6,9-12,14-19,26-27,34,48H,7-8,13,20-25,28-29H2,1H3/t34-/m0/s1. The minimum absolute atomic E-state index is 0.00133. The molecule has 9 heteroatoms. The second-order valence-corrected chi connectivity index (χ2v) is 13.9. The van der Waals surface area contributed by atoms with Crippen molar-refractivity contribution < 1.29 is 24.2 Å². The lowest BCUT2D eigenvalue weighted by Crippen LogP contribution is -2.52. The highest BCUT2D eigenvalue weighted by atomic mass is 16.5. The number of benzene rings is 4. The maximum atomic E-state index is 15.0. The van der Waals surface area contributed by atoms with Crippen LogP contribution in [0.25, 0.3) is 11.3 Å². The highest BCUT2D eigenvalue weighted by molar-refractivity contribution is 6.12. The number of ether oxygens (including phenoxy) is 2. The van der Waals surface area contributed by atoms with Crippen molar-refractivity contribution in [3.8, 4) is 22.8 Å². The molecule has 0 saturated carbocycles. The fourth-order valence-electron chi connectivity index (χ4n) is 8.04. The molecule has 0 unspecified atom stereocenters. The number of phenols is 1. The van der Waals surface area contributed by atoms with Gasteiger partial charge in [0.15, 0.2) is 0 Å². The molecule has 1 saturated heterocycles. The molecule has 2 amide bonds. The lowest BCUT2D eigenvalue weighted by atomic mass is 9.92. The summed E-state index contributed by atoms with van der Waals surface area (Å²) >= 11 is 0. The van der Waals surface area contributed by atoms with Crippen molar-refractivity contribution in [2.24, 2.45) is 0 Å². The summed E-state index contributed by atoms with van der Waals surface area (Å²) in [5.74, 6) is 0.587. The number of aromatic hydroxyl groups is 1. The third-order valence-corrected chi connectivity index (χ3v) is 10.7. The van der Waals surface area contributed by atoms with Crippen molar-refractivity contribution in [3.05, 3.63) is 131 Å². The Morgan fingerprint density at radius 2 is 1.56 bits per heavy atom. The number of hydrogen-bond acceptors (Lipinski definition) is 6. The van der Waals surface area contributed by atoms with Crippen molar-refractivity contribution in [1.29, 1.82) is 0 Å². The van der Waals surface area contributed by atoms with Gasteiger partial charge in [0.25, 0.3) is 11.8 Å². The molecule has 3 aliphatic heterocycles. The second kappa shape index (κ2) is 14.7. The number of rotatable bonds is 8. The van der Waals surface area contributed by atoms with Crippen LogP contribution in [0.3, 0.4) is 0 Å². The average Bonchev–Trinajstić information content (AvgIpc) is 3.58. The van der Waals surface area contributed by atoms with Crippen molar-refractivity contribution in [2.75, 3.05) is 44.9 Å². The SMILES string of the molecule is COc1ccc(C(=O)N2Cc3ccccc3C[C@H]2CN2CCOCC2)c(-c2cc(C(=O)N(c3ccccc3)c3ccc(O)cc3)c3n2CCCC3)c1. The van der Waals surface area contributed by atoms with Gasteiger partial charge in [-0.2, -0.15) is 0 Å². The molecule has 1 N–H and O–H groups in total. The summed E-state index contributed by atoms with van der Waals surface area (Å²) in [6.45, 7) is 5.16. The Bertz CT molecular complexity index is 2070. The lowest BCUT2D eigenvalue weighted by molar-refractivity contribution is 0.0193. The van der Waals surface area contributed by atoms with E-state index in [4.69, 9.17) is 9.47 Å². The summed E-state index contributed by atoms with van der Waals surface area (Å²) in [6, 6.07) is 32.4. The van der Waals surface area contributed by atoms with Crippen molar-refractivity contribution in [3.63, 3.8) is 0 Å². The van der Waals surface area contributed by atoms with Gasteiger partial charge in [0, 0.05) is 72.7 Å². The molecule has 0 radical (unpaired) electrons. The summed E-state index contributed by atoms with van der Waals surface area (Å²) in [5.41, 5.74) is 7.59. The zero-order valence-electron chi connectivity index (χ0n) is 29.5. The van der Waals surface area contributed by atoms with E-state index in [1.807, 2.05) is 60.7 Å². The first-order valence-electron chi connectivity index (χ1n) is 18.3. The number of nitrogens with zero attached hydrogens (tertiary/aromatic N) is 4. The molecule has 0 spiro atoms. The zero-order valence-corrected chi connectivity index (χ0v) is 29.5. The molecule has 8 rings (SSSR count). The first-order valence-corrected chi connectivity index (χ1v) is 18.3. The van der Waals surface area contributed by atoms with Gasteiger partial charge in [-0.05, 0) is 97.5 Å². The van der Waals surface area contributed by atoms with Crippen LogP contribution < -0.4 is 9.64 Å². The Morgan fingerprint density at radius 1 is 0.827 bits per heavy atom. The van der Waals surface area contributed by atoms with Crippen LogP contribution in [0, 0.1) is 0 Å². The van der Waals surface area contributed by atoms with Gasteiger partial charge in [-0.25, -0.2) is 0 Å². The van der Waals surface area contributed by atoms with E-state index in [0.29, 0.717) is 42.3 Å². The number of carbonyl (C=O) groups excluding carboxylic acids is 2. The fourth-order valence-corrected chi connectivity index (χ4v) is 8.04. The van der Waals surface area contributed by atoms with Crippen molar-refractivity contribution >= 4 is 23.2 Å². The van der Waals surface area contributed by atoms with E-state index in [-0.39, 0.29) is 23.6 Å². The number of fused-ring (bicyclic) bond motifs is 2. The lowest BCUT2D eigenvalue weighted by Gasteiger charge is -2.40. The van der Waals surface area contributed by atoms with Gasteiger partial charge in [0.2, 0.25) is 0 Å². The molecular weight excluding hydrogens is 652 g/mol. The van der Waals surface area contributed by atoms with E-state index in [9.17, 15) is 9.90 Å². The second-order valence-electron chi connectivity index (χ2n) is 13.9. The molecule has 52 heavy (non-hydrogen) atoms. The van der Waals surface area contributed by atoms with Crippen LogP contribution in [0.2, 0.25) is 0 Å². The molecule has 4 aromatic carbocycles. The number of carbonyl (C=O) groups is 2. The van der Waals surface area contributed by atoms with Gasteiger partial charge >= 0.3 is 0 Å². The quantitative estimate of drug-likeness (QED) is 0.187. The first kappa shape index (κ1) is 33.7. The molecule has 5 aromatic rings. The van der Waals surface area contributed by atoms with Crippen LogP contribution in [0.15, 0.2) is 103 Å². The maximum Gasteiger partial charge on any atom is 0.264 e. The van der Waals surface area contributed by atoms with E-state index >= 15 is 4.79 Å². The molecule has 0 aliphatic carbocycles. The van der Waals surface area contributed by atoms with E-state index < -0.39 is 0 Å². The zero-order chi connectivity index (χ0) is 35.6. The number of amides is 2. The van der Waals surface area contributed by atoms with E-state index in [0.717, 1.165) is 74.5 Å².